The molecule has 1 atom stereocenters. The smallest absolute Gasteiger partial charge is 0.155 e. The van der Waals surface area contributed by atoms with E-state index in [0.717, 1.165) is 12.2 Å². The molecule has 1 aliphatic carbocycles. The Hall–Kier alpha value is -2.35. The lowest BCUT2D eigenvalue weighted by atomic mass is 9.68. The van der Waals surface area contributed by atoms with Crippen LogP contribution in [0.3, 0.4) is 0 Å². The van der Waals surface area contributed by atoms with Crippen LogP contribution in [0.2, 0.25) is 0 Å². The van der Waals surface area contributed by atoms with E-state index in [-0.39, 0.29) is 11.2 Å². The summed E-state index contributed by atoms with van der Waals surface area (Å²) >= 11 is 0. The van der Waals surface area contributed by atoms with Crippen LogP contribution in [0.15, 0.2) is 66.7 Å². The predicted octanol–water partition coefficient (Wildman–Crippen LogP) is 4.93. The van der Waals surface area contributed by atoms with Crippen molar-refractivity contribution in [3.63, 3.8) is 0 Å². The van der Waals surface area contributed by atoms with Crippen LogP contribution >= 0.6 is 0 Å². The van der Waals surface area contributed by atoms with E-state index in [0.29, 0.717) is 6.42 Å². The maximum atomic E-state index is 11.6. The van der Waals surface area contributed by atoms with Crippen molar-refractivity contribution in [1.82, 2.24) is 0 Å². The molecule has 0 aliphatic heterocycles. The minimum absolute atomic E-state index is 0.204. The van der Waals surface area contributed by atoms with Gasteiger partial charge in [0.1, 0.15) is 5.75 Å². The maximum Gasteiger partial charge on any atom is 0.155 e. The van der Waals surface area contributed by atoms with Crippen LogP contribution < -0.4 is 4.74 Å². The van der Waals surface area contributed by atoms with E-state index in [9.17, 15) is 4.79 Å². The van der Waals surface area contributed by atoms with Crippen LogP contribution in [-0.2, 0) is 10.2 Å². The van der Waals surface area contributed by atoms with Gasteiger partial charge in [0, 0.05) is 11.8 Å². The summed E-state index contributed by atoms with van der Waals surface area (Å²) in [7, 11) is 1.67. The van der Waals surface area contributed by atoms with Crippen molar-refractivity contribution in [3.05, 3.63) is 77.9 Å². The van der Waals surface area contributed by atoms with Gasteiger partial charge in [0.2, 0.25) is 0 Å². The average molecular weight is 308 g/mol. The van der Waals surface area contributed by atoms with Crippen LogP contribution in [0.25, 0.3) is 0 Å². The average Bonchev–Trinajstić information content (AvgIpc) is 2.65. The Morgan fingerprint density at radius 2 is 1.52 bits per heavy atom. The molecule has 120 valence electrons. The van der Waals surface area contributed by atoms with E-state index < -0.39 is 0 Å². The molecule has 1 unspecified atom stereocenters. The molecular formula is C21H24O2. The van der Waals surface area contributed by atoms with E-state index in [1.807, 2.05) is 44.2 Å². The highest BCUT2D eigenvalue weighted by Gasteiger charge is 2.34. The normalized spacial score (nSPS) is 19.7. The van der Waals surface area contributed by atoms with E-state index in [1.54, 1.807) is 13.2 Å². The summed E-state index contributed by atoms with van der Waals surface area (Å²) in [5, 5.41) is 0. The molecule has 2 nitrogen and oxygen atoms in total. The molecule has 23 heavy (non-hydrogen) atoms. The molecule has 2 heteroatoms. The van der Waals surface area contributed by atoms with Gasteiger partial charge in [0.05, 0.1) is 7.11 Å². The molecule has 2 aromatic carbocycles. The molecule has 0 heterocycles. The first-order valence-corrected chi connectivity index (χ1v) is 8.17. The van der Waals surface area contributed by atoms with Crippen molar-refractivity contribution < 1.29 is 9.53 Å². The van der Waals surface area contributed by atoms with Crippen molar-refractivity contribution in [2.24, 2.45) is 0 Å². The second-order valence-corrected chi connectivity index (χ2v) is 5.37. The molecular weight excluding hydrogens is 284 g/mol. The highest BCUT2D eigenvalue weighted by Crippen LogP contribution is 2.40. The third-order valence-corrected chi connectivity index (χ3v) is 4.21. The summed E-state index contributed by atoms with van der Waals surface area (Å²) < 4.78 is 5.24. The number of rotatable bonds is 3. The summed E-state index contributed by atoms with van der Waals surface area (Å²) in [6.45, 7) is 4.00. The van der Waals surface area contributed by atoms with Gasteiger partial charge in [0.25, 0.3) is 0 Å². The number of carbonyl (C=O) groups is 1. The number of carbonyl (C=O) groups excluding carboxylic acids is 1. The molecule has 0 radical (unpaired) electrons. The van der Waals surface area contributed by atoms with E-state index in [2.05, 4.69) is 30.3 Å². The van der Waals surface area contributed by atoms with E-state index in [4.69, 9.17) is 4.74 Å². The Morgan fingerprint density at radius 1 is 0.913 bits per heavy atom. The largest absolute Gasteiger partial charge is 0.497 e. The first-order chi connectivity index (χ1) is 11.2. The number of allylic oxidation sites excluding steroid dienone is 2. The molecule has 0 amide bonds. The topological polar surface area (TPSA) is 26.3 Å². The minimum Gasteiger partial charge on any atom is -0.497 e. The van der Waals surface area contributed by atoms with Crippen molar-refractivity contribution in [3.8, 4) is 5.75 Å². The Morgan fingerprint density at radius 3 is 2.04 bits per heavy atom. The van der Waals surface area contributed by atoms with Crippen LogP contribution in [-0.4, -0.2) is 12.9 Å². The van der Waals surface area contributed by atoms with Crippen LogP contribution in [0.4, 0.5) is 0 Å². The Bertz CT molecular complexity index is 656. The van der Waals surface area contributed by atoms with Gasteiger partial charge < -0.3 is 4.74 Å². The highest BCUT2D eigenvalue weighted by molar-refractivity contribution is 5.91. The first kappa shape index (κ1) is 17.0. The maximum absolute atomic E-state index is 11.6. The van der Waals surface area contributed by atoms with Gasteiger partial charge in [-0.15, -0.1) is 0 Å². The lowest BCUT2D eigenvalue weighted by Gasteiger charge is -2.34. The number of methoxy groups -OCH3 is 1. The van der Waals surface area contributed by atoms with Gasteiger partial charge in [-0.3, -0.25) is 4.79 Å². The van der Waals surface area contributed by atoms with Gasteiger partial charge in [-0.2, -0.15) is 0 Å². The van der Waals surface area contributed by atoms with Gasteiger partial charge >= 0.3 is 0 Å². The quantitative estimate of drug-likeness (QED) is 0.804. The molecule has 2 aromatic rings. The predicted molar refractivity (Wildman–Crippen MR) is 94.9 cm³/mol. The monoisotopic (exact) mass is 308 g/mol. The van der Waals surface area contributed by atoms with Gasteiger partial charge in [-0.05, 0) is 35.8 Å². The van der Waals surface area contributed by atoms with Crippen LogP contribution in [0, 0.1) is 0 Å². The molecule has 1 aliphatic rings. The number of ether oxygens (including phenoxy) is 1. The molecule has 0 saturated carbocycles. The number of benzene rings is 2. The SMILES string of the molecule is CC.COc1ccc(C2(c3ccccc3)C=CC(=O)CC2)cc1. The standard InChI is InChI=1S/C19H18O2.C2H6/c1-21-18-9-7-16(8-10-18)19(13-11-17(20)12-14-19)15-5-3-2-4-6-15;1-2/h2-11,13H,12,14H2,1H3;1-2H3. The number of hydrogen-bond acceptors (Lipinski definition) is 2. The minimum atomic E-state index is -0.221. The zero-order valence-electron chi connectivity index (χ0n) is 14.1. The second-order valence-electron chi connectivity index (χ2n) is 5.37. The summed E-state index contributed by atoms with van der Waals surface area (Å²) in [5.74, 6) is 1.05. The molecule has 3 rings (SSSR count). The van der Waals surface area contributed by atoms with Crippen LogP contribution in [0.5, 0.6) is 5.75 Å². The van der Waals surface area contributed by atoms with E-state index >= 15 is 0 Å². The van der Waals surface area contributed by atoms with Gasteiger partial charge in [0.15, 0.2) is 5.78 Å². The number of hydrogen-bond donors (Lipinski definition) is 0. The summed E-state index contributed by atoms with van der Waals surface area (Å²) in [5.41, 5.74) is 2.19. The molecule has 0 bridgehead atoms. The summed E-state index contributed by atoms with van der Waals surface area (Å²) in [4.78, 5) is 11.6. The van der Waals surface area contributed by atoms with Crippen LogP contribution in [0.1, 0.15) is 37.8 Å². The molecule has 0 N–H and O–H groups in total. The fourth-order valence-corrected chi connectivity index (χ4v) is 2.99. The number of ketones is 1. The first-order valence-electron chi connectivity index (χ1n) is 8.17. The van der Waals surface area contributed by atoms with Crippen molar-refractivity contribution >= 4 is 5.78 Å². The lowest BCUT2D eigenvalue weighted by Crippen LogP contribution is -2.29. The van der Waals surface area contributed by atoms with E-state index in [1.165, 1.54) is 11.1 Å². The second kappa shape index (κ2) is 7.77. The fraction of sp³-hybridized carbons (Fsp3) is 0.286. The van der Waals surface area contributed by atoms with Gasteiger partial charge in [-0.25, -0.2) is 0 Å². The Labute approximate surface area is 138 Å². The summed E-state index contributed by atoms with van der Waals surface area (Å²) in [6.07, 6.45) is 5.16. The molecule has 0 aromatic heterocycles. The summed E-state index contributed by atoms with van der Waals surface area (Å²) in [6, 6.07) is 18.5. The Kier molecular flexibility index (Phi) is 5.75. The third kappa shape index (κ3) is 3.53. The van der Waals surface area contributed by atoms with Crippen molar-refractivity contribution in [1.29, 1.82) is 0 Å². The molecule has 0 fully saturated rings. The highest BCUT2D eigenvalue weighted by atomic mass is 16.5. The zero-order chi connectivity index (χ0) is 16.7. The lowest BCUT2D eigenvalue weighted by molar-refractivity contribution is -0.115. The third-order valence-electron chi connectivity index (χ3n) is 4.21. The Balaban J connectivity index is 0.000000924. The van der Waals surface area contributed by atoms with Gasteiger partial charge in [-0.1, -0.05) is 62.4 Å². The fourth-order valence-electron chi connectivity index (χ4n) is 2.99. The van der Waals surface area contributed by atoms with Crippen molar-refractivity contribution in [2.45, 2.75) is 32.1 Å². The molecule has 0 spiro atoms. The van der Waals surface area contributed by atoms with Crippen molar-refractivity contribution in [2.75, 3.05) is 7.11 Å². The molecule has 0 saturated heterocycles. The zero-order valence-corrected chi connectivity index (χ0v) is 14.1.